The molecule has 1 fully saturated rings. The number of aromatic amines is 1. The largest absolute Gasteiger partial charge is 0.352 e. The minimum Gasteiger partial charge on any atom is -0.352 e. The van der Waals surface area contributed by atoms with Crippen LogP contribution in [-0.4, -0.2) is 37.7 Å². The van der Waals surface area contributed by atoms with E-state index in [1.54, 1.807) is 10.9 Å². The summed E-state index contributed by atoms with van der Waals surface area (Å²) in [5, 5.41) is 8.10. The smallest absolute Gasteiger partial charge is 0.263 e. The minimum atomic E-state index is -0.246. The second kappa shape index (κ2) is 7.99. The Morgan fingerprint density at radius 1 is 1.07 bits per heavy atom. The Balaban J connectivity index is 1.44. The van der Waals surface area contributed by atoms with E-state index in [1.807, 2.05) is 20.8 Å². The van der Waals surface area contributed by atoms with Crippen molar-refractivity contribution in [3.63, 3.8) is 0 Å². The molecule has 1 saturated heterocycles. The van der Waals surface area contributed by atoms with Crippen LogP contribution in [0.5, 0.6) is 0 Å². The van der Waals surface area contributed by atoms with Crippen molar-refractivity contribution < 1.29 is 0 Å². The number of hydrogen-bond acceptors (Lipinski definition) is 5. The summed E-state index contributed by atoms with van der Waals surface area (Å²) in [6.07, 6.45) is 5.56. The van der Waals surface area contributed by atoms with Gasteiger partial charge in [0.25, 0.3) is 5.56 Å². The predicted octanol–water partition coefficient (Wildman–Crippen LogP) is 3.47. The zero-order valence-corrected chi connectivity index (χ0v) is 17.5. The second-order valence-electron chi connectivity index (χ2n) is 8.89. The lowest BCUT2D eigenvalue weighted by Gasteiger charge is -2.26. The van der Waals surface area contributed by atoms with E-state index in [0.29, 0.717) is 23.5 Å². The predicted molar refractivity (Wildman–Crippen MR) is 116 cm³/mol. The van der Waals surface area contributed by atoms with Crippen LogP contribution in [0.4, 0.5) is 5.95 Å². The molecule has 7 heteroatoms. The molecule has 0 aliphatic carbocycles. The Kier molecular flexibility index (Phi) is 5.41. The van der Waals surface area contributed by atoms with E-state index >= 15 is 0 Å². The van der Waals surface area contributed by atoms with E-state index in [4.69, 9.17) is 0 Å². The molecule has 3 aromatic rings. The van der Waals surface area contributed by atoms with Crippen LogP contribution in [0.25, 0.3) is 11.0 Å². The molecule has 2 N–H and O–H groups in total. The van der Waals surface area contributed by atoms with Gasteiger partial charge in [-0.1, -0.05) is 30.7 Å². The van der Waals surface area contributed by atoms with Gasteiger partial charge in [-0.05, 0) is 57.8 Å². The molecule has 1 aliphatic rings. The first-order chi connectivity index (χ1) is 13.9. The molecular weight excluding hydrogens is 364 g/mol. The summed E-state index contributed by atoms with van der Waals surface area (Å²) in [5.74, 6) is 0.464. The van der Waals surface area contributed by atoms with E-state index in [0.717, 1.165) is 12.1 Å². The highest BCUT2D eigenvalue weighted by molar-refractivity contribution is 5.74. The third-order valence-electron chi connectivity index (χ3n) is 5.41. The van der Waals surface area contributed by atoms with Gasteiger partial charge in [-0.15, -0.1) is 0 Å². The zero-order chi connectivity index (χ0) is 20.4. The Morgan fingerprint density at radius 2 is 1.76 bits per heavy atom. The van der Waals surface area contributed by atoms with Crippen LogP contribution in [-0.2, 0) is 18.6 Å². The highest BCUT2D eigenvalue weighted by atomic mass is 16.1. The van der Waals surface area contributed by atoms with Gasteiger partial charge in [0.15, 0.2) is 5.65 Å². The molecule has 2 aromatic heterocycles. The van der Waals surface area contributed by atoms with Crippen molar-refractivity contribution >= 4 is 17.0 Å². The Hall–Kier alpha value is -2.67. The third kappa shape index (κ3) is 4.50. The van der Waals surface area contributed by atoms with Crippen LogP contribution in [0, 0.1) is 0 Å². The normalized spacial score (nSPS) is 15.7. The van der Waals surface area contributed by atoms with E-state index in [2.05, 4.69) is 49.5 Å². The summed E-state index contributed by atoms with van der Waals surface area (Å²) >= 11 is 0. The zero-order valence-electron chi connectivity index (χ0n) is 17.5. The van der Waals surface area contributed by atoms with Gasteiger partial charge in [0.1, 0.15) is 5.39 Å². The van der Waals surface area contributed by atoms with Gasteiger partial charge in [0.05, 0.1) is 11.7 Å². The molecular formula is C22H30N6O. The Bertz CT molecular complexity index is 1020. The molecule has 0 spiro atoms. The lowest BCUT2D eigenvalue weighted by atomic mass is 10.1. The monoisotopic (exact) mass is 394 g/mol. The van der Waals surface area contributed by atoms with Gasteiger partial charge in [-0.25, -0.2) is 4.68 Å². The van der Waals surface area contributed by atoms with Crippen LogP contribution in [0.3, 0.4) is 0 Å². The molecule has 1 aliphatic heterocycles. The summed E-state index contributed by atoms with van der Waals surface area (Å²) in [4.78, 5) is 22.3. The Morgan fingerprint density at radius 3 is 2.45 bits per heavy atom. The van der Waals surface area contributed by atoms with Gasteiger partial charge >= 0.3 is 0 Å². The van der Waals surface area contributed by atoms with Crippen molar-refractivity contribution in [1.29, 1.82) is 0 Å². The number of hydrogen-bond donors (Lipinski definition) is 2. The molecule has 0 unspecified atom stereocenters. The van der Waals surface area contributed by atoms with Crippen molar-refractivity contribution in [3.05, 3.63) is 51.9 Å². The number of fused-ring (bicyclic) bond motifs is 1. The fourth-order valence-corrected chi connectivity index (χ4v) is 3.82. The average molecular weight is 395 g/mol. The van der Waals surface area contributed by atoms with Crippen molar-refractivity contribution in [2.75, 3.05) is 18.4 Å². The number of piperidine rings is 1. The fraction of sp³-hybridized carbons (Fsp3) is 0.500. The lowest BCUT2D eigenvalue weighted by molar-refractivity contribution is 0.221. The van der Waals surface area contributed by atoms with Gasteiger partial charge in [0, 0.05) is 13.1 Å². The number of likely N-dealkylation sites (tertiary alicyclic amines) is 1. The van der Waals surface area contributed by atoms with Crippen LogP contribution in [0.1, 0.15) is 51.2 Å². The lowest BCUT2D eigenvalue weighted by Crippen LogP contribution is -2.29. The molecule has 0 amide bonds. The molecule has 29 heavy (non-hydrogen) atoms. The number of rotatable bonds is 5. The molecule has 0 bridgehead atoms. The Labute approximate surface area is 171 Å². The second-order valence-corrected chi connectivity index (χ2v) is 8.89. The maximum Gasteiger partial charge on any atom is 0.263 e. The number of nitrogens with zero attached hydrogens (tertiary/aromatic N) is 4. The van der Waals surface area contributed by atoms with Gasteiger partial charge in [0.2, 0.25) is 5.95 Å². The average Bonchev–Trinajstić information content (AvgIpc) is 3.13. The highest BCUT2D eigenvalue weighted by Gasteiger charge is 2.19. The number of aromatic nitrogens is 4. The molecule has 0 atom stereocenters. The van der Waals surface area contributed by atoms with Gasteiger partial charge in [-0.2, -0.15) is 10.1 Å². The SMILES string of the molecule is CC(C)(C)n1ncc2c(=O)[nH]c(NCc3ccc(CN4CCCCC4)cc3)nc21. The summed E-state index contributed by atoms with van der Waals surface area (Å²) in [6.45, 7) is 10.2. The van der Waals surface area contributed by atoms with Crippen LogP contribution >= 0.6 is 0 Å². The molecule has 3 heterocycles. The molecule has 1 aromatic carbocycles. The maximum absolute atomic E-state index is 12.4. The molecule has 0 radical (unpaired) electrons. The third-order valence-corrected chi connectivity index (χ3v) is 5.41. The first-order valence-electron chi connectivity index (χ1n) is 10.4. The van der Waals surface area contributed by atoms with Gasteiger partial charge < -0.3 is 5.32 Å². The molecule has 154 valence electrons. The number of nitrogens with one attached hydrogen (secondary N) is 2. The summed E-state index contributed by atoms with van der Waals surface area (Å²) in [5.41, 5.74) is 2.67. The fourth-order valence-electron chi connectivity index (χ4n) is 3.82. The molecule has 4 rings (SSSR count). The molecule has 0 saturated carbocycles. The maximum atomic E-state index is 12.4. The summed E-state index contributed by atoms with van der Waals surface area (Å²) in [7, 11) is 0. The van der Waals surface area contributed by atoms with E-state index in [1.165, 1.54) is 37.9 Å². The van der Waals surface area contributed by atoms with E-state index in [-0.39, 0.29) is 11.1 Å². The topological polar surface area (TPSA) is 78.8 Å². The van der Waals surface area contributed by atoms with Crippen molar-refractivity contribution in [1.82, 2.24) is 24.6 Å². The first-order valence-corrected chi connectivity index (χ1v) is 10.4. The minimum absolute atomic E-state index is 0.176. The van der Waals surface area contributed by atoms with Crippen molar-refractivity contribution in [2.45, 2.75) is 58.7 Å². The highest BCUT2D eigenvalue weighted by Crippen LogP contribution is 2.19. The number of H-pyrrole nitrogens is 1. The standard InChI is InChI=1S/C22H30N6O/c1-22(2,3)28-19-18(14-24-28)20(29)26-21(25-19)23-13-16-7-9-17(10-8-16)15-27-11-5-4-6-12-27/h7-10,14H,4-6,11-13,15H2,1-3H3,(H2,23,25,26,29). The molecule has 7 nitrogen and oxygen atoms in total. The van der Waals surface area contributed by atoms with E-state index in [9.17, 15) is 4.79 Å². The van der Waals surface area contributed by atoms with Gasteiger partial charge in [-0.3, -0.25) is 14.7 Å². The number of benzene rings is 1. The van der Waals surface area contributed by atoms with Crippen LogP contribution in [0.15, 0.2) is 35.3 Å². The van der Waals surface area contributed by atoms with Crippen molar-refractivity contribution in [3.8, 4) is 0 Å². The summed E-state index contributed by atoms with van der Waals surface area (Å²) < 4.78 is 1.79. The quantitative estimate of drug-likeness (QED) is 0.693. The van der Waals surface area contributed by atoms with E-state index < -0.39 is 0 Å². The van der Waals surface area contributed by atoms with Crippen LogP contribution < -0.4 is 10.9 Å². The van der Waals surface area contributed by atoms with Crippen LogP contribution in [0.2, 0.25) is 0 Å². The number of anilines is 1. The summed E-state index contributed by atoms with van der Waals surface area (Å²) in [6, 6.07) is 8.67. The first kappa shape index (κ1) is 19.6. The van der Waals surface area contributed by atoms with Crippen molar-refractivity contribution in [2.24, 2.45) is 0 Å².